The van der Waals surface area contributed by atoms with Crippen LogP contribution in [0.2, 0.25) is 0 Å². The lowest BCUT2D eigenvalue weighted by molar-refractivity contribution is -0.164. The molecule has 1 aromatic rings. The number of halogens is 2. The second-order valence-corrected chi connectivity index (χ2v) is 4.20. The molecular weight excluding hydrogens is 242 g/mol. The van der Waals surface area contributed by atoms with E-state index in [1.54, 1.807) is 5.38 Å². The third kappa shape index (κ3) is 1.95. The van der Waals surface area contributed by atoms with Crippen LogP contribution in [0.25, 0.3) is 0 Å². The molecule has 0 aliphatic carbocycles. The van der Waals surface area contributed by atoms with Crippen molar-refractivity contribution in [3.8, 4) is 11.5 Å². The summed E-state index contributed by atoms with van der Waals surface area (Å²) in [5, 5.41) is 9.87. The number of rotatable bonds is 3. The van der Waals surface area contributed by atoms with Gasteiger partial charge in [0.15, 0.2) is 11.5 Å². The molecule has 1 aliphatic rings. The molecule has 0 saturated heterocycles. The number of thiophene rings is 1. The van der Waals surface area contributed by atoms with Crippen molar-refractivity contribution in [2.75, 3.05) is 13.2 Å². The summed E-state index contributed by atoms with van der Waals surface area (Å²) in [5.41, 5.74) is 0. The smallest absolute Gasteiger partial charge is 0.374 e. The van der Waals surface area contributed by atoms with Crippen molar-refractivity contribution in [1.29, 1.82) is 0 Å². The molecule has 1 aliphatic heterocycles. The highest BCUT2D eigenvalue weighted by Gasteiger charge is 2.41. The first kappa shape index (κ1) is 11.1. The normalized spacial score (nSPS) is 14.9. The van der Waals surface area contributed by atoms with Crippen LogP contribution in [-0.4, -0.2) is 30.2 Å². The van der Waals surface area contributed by atoms with Crippen LogP contribution in [0.15, 0.2) is 5.38 Å². The van der Waals surface area contributed by atoms with E-state index in [-0.39, 0.29) is 17.2 Å². The van der Waals surface area contributed by atoms with Gasteiger partial charge in [-0.15, -0.1) is 11.3 Å². The molecule has 2 rings (SSSR count). The predicted octanol–water partition coefficient (Wildman–Crippen LogP) is 1.78. The number of fused-ring (bicyclic) bond motifs is 1. The number of carboxylic acid groups (broad SMARTS) is 1. The maximum absolute atomic E-state index is 13.0. The Balaban J connectivity index is 2.22. The zero-order valence-electron chi connectivity index (χ0n) is 8.03. The number of carbonyl (C=O) groups is 1. The van der Waals surface area contributed by atoms with Gasteiger partial charge in [-0.25, -0.2) is 4.79 Å². The SMILES string of the molecule is O=C(O)C(F)(F)Cc1scc2c1OCCO2. The van der Waals surface area contributed by atoms with Gasteiger partial charge in [-0.2, -0.15) is 8.78 Å². The Labute approximate surface area is 93.4 Å². The molecule has 1 aromatic heterocycles. The fraction of sp³-hybridized carbons (Fsp3) is 0.444. The molecule has 0 saturated carbocycles. The van der Waals surface area contributed by atoms with Gasteiger partial charge in [0.05, 0.1) is 11.3 Å². The summed E-state index contributed by atoms with van der Waals surface area (Å²) in [6.45, 7) is 0.661. The lowest BCUT2D eigenvalue weighted by atomic mass is 10.2. The van der Waals surface area contributed by atoms with E-state index in [0.717, 1.165) is 11.3 Å². The van der Waals surface area contributed by atoms with Gasteiger partial charge < -0.3 is 14.6 Å². The van der Waals surface area contributed by atoms with E-state index < -0.39 is 18.3 Å². The highest BCUT2D eigenvalue weighted by molar-refractivity contribution is 7.10. The molecule has 4 nitrogen and oxygen atoms in total. The van der Waals surface area contributed by atoms with E-state index in [4.69, 9.17) is 14.6 Å². The molecule has 0 aromatic carbocycles. The molecule has 1 N–H and O–H groups in total. The van der Waals surface area contributed by atoms with Crippen molar-refractivity contribution in [3.05, 3.63) is 10.3 Å². The first-order valence-corrected chi connectivity index (χ1v) is 5.36. The van der Waals surface area contributed by atoms with Gasteiger partial charge >= 0.3 is 11.9 Å². The van der Waals surface area contributed by atoms with Crippen LogP contribution in [0.1, 0.15) is 4.88 Å². The van der Waals surface area contributed by atoms with Crippen LogP contribution < -0.4 is 9.47 Å². The van der Waals surface area contributed by atoms with Crippen molar-refractivity contribution >= 4 is 17.3 Å². The molecule has 88 valence electrons. The largest absolute Gasteiger partial charge is 0.485 e. The first-order valence-electron chi connectivity index (χ1n) is 4.48. The van der Waals surface area contributed by atoms with E-state index in [0.29, 0.717) is 12.4 Å². The number of hydrogen-bond acceptors (Lipinski definition) is 4. The summed E-state index contributed by atoms with van der Waals surface area (Å²) in [5.74, 6) is -5.25. The highest BCUT2D eigenvalue weighted by atomic mass is 32.1. The second kappa shape index (κ2) is 3.89. The summed E-state index contributed by atoms with van der Waals surface area (Å²) in [7, 11) is 0. The van der Waals surface area contributed by atoms with Crippen molar-refractivity contribution < 1.29 is 28.2 Å². The summed E-state index contributed by atoms with van der Waals surface area (Å²) in [6, 6.07) is 0. The molecule has 2 heterocycles. The number of carboxylic acids is 1. The maximum atomic E-state index is 13.0. The lowest BCUT2D eigenvalue weighted by Crippen LogP contribution is -2.30. The van der Waals surface area contributed by atoms with Gasteiger partial charge in [0.2, 0.25) is 0 Å². The quantitative estimate of drug-likeness (QED) is 0.888. The fourth-order valence-corrected chi connectivity index (χ4v) is 2.27. The van der Waals surface area contributed by atoms with E-state index in [2.05, 4.69) is 0 Å². The summed E-state index contributed by atoms with van der Waals surface area (Å²) >= 11 is 1.02. The number of alkyl halides is 2. The Morgan fingerprint density at radius 3 is 2.88 bits per heavy atom. The van der Waals surface area contributed by atoms with Crippen molar-refractivity contribution in [2.24, 2.45) is 0 Å². The van der Waals surface area contributed by atoms with E-state index in [1.807, 2.05) is 0 Å². The van der Waals surface area contributed by atoms with Crippen LogP contribution in [0.5, 0.6) is 11.5 Å². The van der Waals surface area contributed by atoms with Crippen LogP contribution in [0.3, 0.4) is 0 Å². The average Bonchev–Trinajstić information content (AvgIpc) is 2.61. The molecule has 16 heavy (non-hydrogen) atoms. The fourth-order valence-electron chi connectivity index (χ4n) is 1.31. The standard InChI is InChI=1S/C9H8F2O4S/c10-9(11,8(12)13)3-6-7-5(4-16-6)14-1-2-15-7/h4H,1-3H2,(H,12,13). The summed E-state index contributed by atoms with van der Waals surface area (Å²) in [4.78, 5) is 10.5. The first-order chi connectivity index (χ1) is 7.50. The minimum atomic E-state index is -3.78. The molecule has 0 spiro atoms. The molecule has 7 heteroatoms. The van der Waals surface area contributed by atoms with Gasteiger partial charge in [0.25, 0.3) is 0 Å². The van der Waals surface area contributed by atoms with Crippen molar-refractivity contribution in [2.45, 2.75) is 12.3 Å². The Kier molecular flexibility index (Phi) is 2.71. The zero-order chi connectivity index (χ0) is 11.8. The maximum Gasteiger partial charge on any atom is 0.374 e. The Bertz CT molecular complexity index is 416. The van der Waals surface area contributed by atoms with Crippen LogP contribution in [-0.2, 0) is 11.2 Å². The van der Waals surface area contributed by atoms with E-state index in [9.17, 15) is 13.6 Å². The monoisotopic (exact) mass is 250 g/mol. The third-order valence-electron chi connectivity index (χ3n) is 2.07. The summed E-state index contributed by atoms with van der Waals surface area (Å²) in [6.07, 6.45) is -0.869. The average molecular weight is 250 g/mol. The second-order valence-electron chi connectivity index (χ2n) is 3.24. The molecule has 0 fully saturated rings. The number of hydrogen-bond donors (Lipinski definition) is 1. The van der Waals surface area contributed by atoms with E-state index in [1.165, 1.54) is 0 Å². The molecule has 0 unspecified atom stereocenters. The van der Waals surface area contributed by atoms with Crippen molar-refractivity contribution in [3.63, 3.8) is 0 Å². The number of aliphatic carboxylic acids is 1. The van der Waals surface area contributed by atoms with Crippen LogP contribution in [0.4, 0.5) is 8.78 Å². The minimum Gasteiger partial charge on any atom is -0.485 e. The third-order valence-corrected chi connectivity index (χ3v) is 3.01. The molecule has 0 bridgehead atoms. The van der Waals surface area contributed by atoms with Gasteiger partial charge in [-0.05, 0) is 0 Å². The summed E-state index contributed by atoms with van der Waals surface area (Å²) < 4.78 is 36.3. The van der Waals surface area contributed by atoms with Crippen LogP contribution in [0, 0.1) is 0 Å². The van der Waals surface area contributed by atoms with Gasteiger partial charge in [-0.1, -0.05) is 0 Å². The molecule has 0 radical (unpaired) electrons. The lowest BCUT2D eigenvalue weighted by Gasteiger charge is -2.17. The molecule has 0 atom stereocenters. The van der Waals surface area contributed by atoms with Crippen LogP contribution >= 0.6 is 11.3 Å². The Hall–Kier alpha value is -1.37. The highest BCUT2D eigenvalue weighted by Crippen LogP contribution is 2.41. The zero-order valence-corrected chi connectivity index (χ0v) is 8.85. The van der Waals surface area contributed by atoms with E-state index >= 15 is 0 Å². The molecule has 0 amide bonds. The van der Waals surface area contributed by atoms with Crippen molar-refractivity contribution in [1.82, 2.24) is 0 Å². The minimum absolute atomic E-state index is 0.196. The topological polar surface area (TPSA) is 55.8 Å². The Morgan fingerprint density at radius 1 is 1.50 bits per heavy atom. The van der Waals surface area contributed by atoms with Gasteiger partial charge in [0, 0.05) is 5.38 Å². The Morgan fingerprint density at radius 2 is 2.19 bits per heavy atom. The number of ether oxygens (including phenoxy) is 2. The van der Waals surface area contributed by atoms with Gasteiger partial charge in [0.1, 0.15) is 13.2 Å². The predicted molar refractivity (Wildman–Crippen MR) is 51.6 cm³/mol. The molecular formula is C9H8F2O4S. The van der Waals surface area contributed by atoms with Gasteiger partial charge in [-0.3, -0.25) is 0 Å².